The number of rotatable bonds is 5. The average Bonchev–Trinajstić information content (AvgIpc) is 2.13. The maximum Gasteiger partial charge on any atom is 0.509 e. The van der Waals surface area contributed by atoms with Crippen LogP contribution in [0.3, 0.4) is 0 Å². The topological polar surface area (TPSA) is 35.5 Å². The number of hydrogen-bond acceptors (Lipinski definition) is 3. The van der Waals surface area contributed by atoms with Gasteiger partial charge in [0.25, 0.3) is 0 Å². The zero-order valence-electron chi connectivity index (χ0n) is 7.02. The molecular weight excluding hydrogens is 306 g/mol. The lowest BCUT2D eigenvalue weighted by atomic mass is 10.4. The number of hydrogen-bond donors (Lipinski definition) is 0. The van der Waals surface area contributed by atoms with Crippen LogP contribution in [0.5, 0.6) is 0 Å². The van der Waals surface area contributed by atoms with Gasteiger partial charge in [-0.1, -0.05) is 5.92 Å². The predicted molar refractivity (Wildman–Crippen MR) is 59.1 cm³/mol. The van der Waals surface area contributed by atoms with Gasteiger partial charge in [0.15, 0.2) is 6.61 Å². The van der Waals surface area contributed by atoms with Gasteiger partial charge in [-0.15, -0.1) is 11.6 Å². The normalized spacial score (nSPS) is 8.46. The lowest BCUT2D eigenvalue weighted by Gasteiger charge is -2.02. The molecule has 0 aliphatic rings. The molecule has 0 aromatic rings. The van der Waals surface area contributed by atoms with Crippen molar-refractivity contribution in [3.8, 4) is 9.85 Å². The van der Waals surface area contributed by atoms with Gasteiger partial charge in [-0.05, 0) is 16.8 Å². The molecule has 5 heteroatoms. The van der Waals surface area contributed by atoms with E-state index < -0.39 is 6.16 Å². The van der Waals surface area contributed by atoms with E-state index in [4.69, 9.17) is 16.3 Å². The van der Waals surface area contributed by atoms with Gasteiger partial charge >= 0.3 is 6.16 Å². The second-order valence-electron chi connectivity index (χ2n) is 2.05. The Morgan fingerprint density at radius 1 is 1.38 bits per heavy atom. The smallest absolute Gasteiger partial charge is 0.434 e. The van der Waals surface area contributed by atoms with E-state index in [1.807, 2.05) is 22.6 Å². The standard InChI is InChI=1S/C8H10ClIO3/c9-4-1-2-6-12-8(11)13-7-3-5-10/h1-2,4,6-7H2. The van der Waals surface area contributed by atoms with Crippen molar-refractivity contribution >= 4 is 40.3 Å². The van der Waals surface area contributed by atoms with Gasteiger partial charge in [0.2, 0.25) is 0 Å². The van der Waals surface area contributed by atoms with Crippen molar-refractivity contribution < 1.29 is 14.3 Å². The Morgan fingerprint density at radius 2 is 2.15 bits per heavy atom. The van der Waals surface area contributed by atoms with Crippen LogP contribution in [0.25, 0.3) is 0 Å². The summed E-state index contributed by atoms with van der Waals surface area (Å²) in [6.45, 7) is 0.431. The van der Waals surface area contributed by atoms with Crippen LogP contribution >= 0.6 is 34.2 Å². The largest absolute Gasteiger partial charge is 0.509 e. The average molecular weight is 317 g/mol. The fourth-order valence-electron chi connectivity index (χ4n) is 0.516. The molecule has 0 saturated carbocycles. The van der Waals surface area contributed by atoms with E-state index in [2.05, 4.69) is 14.6 Å². The summed E-state index contributed by atoms with van der Waals surface area (Å²) < 4.78 is 11.9. The van der Waals surface area contributed by atoms with Crippen molar-refractivity contribution in [2.24, 2.45) is 0 Å². The number of alkyl halides is 1. The van der Waals surface area contributed by atoms with E-state index in [0.29, 0.717) is 12.5 Å². The number of halogens is 2. The first kappa shape index (κ1) is 12.8. The van der Waals surface area contributed by atoms with Crippen molar-refractivity contribution in [2.45, 2.75) is 12.8 Å². The molecule has 0 aliphatic carbocycles. The first-order valence-electron chi connectivity index (χ1n) is 3.75. The van der Waals surface area contributed by atoms with E-state index in [1.165, 1.54) is 0 Å². The minimum atomic E-state index is -0.672. The van der Waals surface area contributed by atoms with Crippen LogP contribution in [-0.4, -0.2) is 25.2 Å². The van der Waals surface area contributed by atoms with Crippen molar-refractivity contribution in [3.63, 3.8) is 0 Å². The maximum absolute atomic E-state index is 10.7. The number of ether oxygens (including phenoxy) is 2. The molecule has 0 bridgehead atoms. The zero-order valence-corrected chi connectivity index (χ0v) is 9.93. The first-order chi connectivity index (χ1) is 6.31. The van der Waals surface area contributed by atoms with E-state index in [-0.39, 0.29) is 6.61 Å². The Bertz CT molecular complexity index is 197. The van der Waals surface area contributed by atoms with Crippen molar-refractivity contribution in [1.82, 2.24) is 0 Å². The highest BCUT2D eigenvalue weighted by molar-refractivity contribution is 14.1. The summed E-state index contributed by atoms with van der Waals surface area (Å²) in [7, 11) is 0. The van der Waals surface area contributed by atoms with E-state index in [1.54, 1.807) is 0 Å². The Morgan fingerprint density at radius 3 is 2.77 bits per heavy atom. The molecule has 0 unspecified atom stereocenters. The molecule has 0 aromatic carbocycles. The minimum absolute atomic E-state index is 0.0806. The van der Waals surface area contributed by atoms with Crippen LogP contribution in [0, 0.1) is 9.85 Å². The Labute approximate surface area is 96.2 Å². The van der Waals surface area contributed by atoms with Gasteiger partial charge in [0.1, 0.15) is 0 Å². The van der Waals surface area contributed by atoms with Crippen molar-refractivity contribution in [2.75, 3.05) is 19.1 Å². The molecule has 0 saturated heterocycles. The van der Waals surface area contributed by atoms with Gasteiger partial charge in [-0.3, -0.25) is 0 Å². The molecule has 74 valence electrons. The molecule has 0 rings (SSSR count). The first-order valence-corrected chi connectivity index (χ1v) is 5.36. The fourth-order valence-corrected chi connectivity index (χ4v) is 0.861. The SMILES string of the molecule is O=C(OCC#CI)OCCCCCl. The summed E-state index contributed by atoms with van der Waals surface area (Å²) >= 11 is 7.29. The Balaban J connectivity index is 3.23. The maximum atomic E-state index is 10.7. The second kappa shape index (κ2) is 9.93. The summed E-state index contributed by atoms with van der Waals surface area (Å²) in [5.74, 6) is 3.16. The van der Waals surface area contributed by atoms with E-state index in [9.17, 15) is 4.79 Å². The highest BCUT2D eigenvalue weighted by atomic mass is 127. The molecule has 13 heavy (non-hydrogen) atoms. The molecule has 0 N–H and O–H groups in total. The van der Waals surface area contributed by atoms with Gasteiger partial charge in [-0.25, -0.2) is 4.79 Å². The molecule has 3 nitrogen and oxygen atoms in total. The van der Waals surface area contributed by atoms with Crippen LogP contribution in [0.2, 0.25) is 0 Å². The van der Waals surface area contributed by atoms with Crippen molar-refractivity contribution in [1.29, 1.82) is 0 Å². The van der Waals surface area contributed by atoms with Crippen LogP contribution in [0.4, 0.5) is 4.79 Å². The van der Waals surface area contributed by atoms with Gasteiger partial charge < -0.3 is 9.47 Å². The Hall–Kier alpha value is -0.150. The third-order valence-corrected chi connectivity index (χ3v) is 1.73. The van der Waals surface area contributed by atoms with E-state index in [0.717, 1.165) is 12.8 Å². The summed E-state index contributed by atoms with van der Waals surface area (Å²) in [5.41, 5.74) is 0. The van der Waals surface area contributed by atoms with Crippen LogP contribution in [0.15, 0.2) is 0 Å². The van der Waals surface area contributed by atoms with Crippen molar-refractivity contribution in [3.05, 3.63) is 0 Å². The van der Waals surface area contributed by atoms with E-state index >= 15 is 0 Å². The second-order valence-corrected chi connectivity index (χ2v) is 2.97. The molecule has 0 aromatic heterocycles. The summed E-state index contributed by atoms with van der Waals surface area (Å²) in [6, 6.07) is 0. The van der Waals surface area contributed by atoms with Gasteiger partial charge in [0.05, 0.1) is 6.61 Å². The minimum Gasteiger partial charge on any atom is -0.434 e. The molecule has 0 radical (unpaired) electrons. The molecule has 0 aliphatic heterocycles. The summed E-state index contributed by atoms with van der Waals surface area (Å²) in [4.78, 5) is 10.7. The fraction of sp³-hybridized carbons (Fsp3) is 0.625. The monoisotopic (exact) mass is 316 g/mol. The Kier molecular flexibility index (Phi) is 9.82. The molecule has 0 fully saturated rings. The number of unbranched alkanes of at least 4 members (excludes halogenated alkanes) is 1. The van der Waals surface area contributed by atoms with Crippen LogP contribution in [-0.2, 0) is 9.47 Å². The van der Waals surface area contributed by atoms with Gasteiger partial charge in [0, 0.05) is 28.5 Å². The third kappa shape index (κ3) is 9.77. The molecule has 0 heterocycles. The number of carbonyl (C=O) groups excluding carboxylic acids is 1. The molecular formula is C8H10ClIO3. The lowest BCUT2D eigenvalue weighted by Crippen LogP contribution is -2.08. The highest BCUT2D eigenvalue weighted by Gasteiger charge is 2.00. The molecule has 0 amide bonds. The highest BCUT2D eigenvalue weighted by Crippen LogP contribution is 1.94. The summed E-state index contributed by atoms with van der Waals surface area (Å²) in [6.07, 6.45) is 0.924. The molecule has 0 atom stereocenters. The lowest BCUT2D eigenvalue weighted by molar-refractivity contribution is 0.0637. The van der Waals surface area contributed by atoms with Crippen LogP contribution in [0.1, 0.15) is 12.8 Å². The third-order valence-electron chi connectivity index (χ3n) is 1.08. The zero-order chi connectivity index (χ0) is 9.94. The molecule has 0 spiro atoms. The van der Waals surface area contributed by atoms with Crippen LogP contribution < -0.4 is 0 Å². The number of carbonyl (C=O) groups is 1. The summed E-state index contributed by atoms with van der Waals surface area (Å²) in [5, 5.41) is 0. The quantitative estimate of drug-likeness (QED) is 0.257. The predicted octanol–water partition coefficient (Wildman–Crippen LogP) is 2.55. The van der Waals surface area contributed by atoms with Gasteiger partial charge in [-0.2, -0.15) is 0 Å².